The van der Waals surface area contributed by atoms with Crippen molar-refractivity contribution < 1.29 is 19.1 Å². The normalized spacial score (nSPS) is 15.4. The Hall–Kier alpha value is -1.95. The van der Waals surface area contributed by atoms with E-state index >= 15 is 0 Å². The monoisotopic (exact) mass is 336 g/mol. The van der Waals surface area contributed by atoms with Gasteiger partial charge in [0.05, 0.1) is 12.6 Å². The summed E-state index contributed by atoms with van der Waals surface area (Å²) in [4.78, 5) is 25.8. The average molecular weight is 336 g/mol. The van der Waals surface area contributed by atoms with E-state index in [1.54, 1.807) is 11.0 Å². The number of anilines is 1. The highest BCUT2D eigenvalue weighted by Crippen LogP contribution is 2.28. The number of aliphatic hydroxyl groups excluding tert-OH is 1. The first-order valence-electron chi connectivity index (χ1n) is 8.39. The van der Waals surface area contributed by atoms with Gasteiger partial charge in [0.15, 0.2) is 0 Å². The van der Waals surface area contributed by atoms with Crippen LogP contribution in [0.4, 0.5) is 10.1 Å². The fourth-order valence-electron chi connectivity index (χ4n) is 3.04. The fourth-order valence-corrected chi connectivity index (χ4v) is 3.04. The molecule has 0 saturated heterocycles. The summed E-state index contributed by atoms with van der Waals surface area (Å²) in [6.45, 7) is 4.20. The maximum Gasteiger partial charge on any atom is 0.227 e. The number of nitrogens with one attached hydrogen (secondary N) is 1. The molecule has 1 heterocycles. The van der Waals surface area contributed by atoms with E-state index in [9.17, 15) is 19.1 Å². The lowest BCUT2D eigenvalue weighted by molar-refractivity contribution is -0.122. The van der Waals surface area contributed by atoms with Crippen molar-refractivity contribution in [2.24, 2.45) is 5.92 Å². The lowest BCUT2D eigenvalue weighted by Crippen LogP contribution is -2.42. The third kappa shape index (κ3) is 4.77. The van der Waals surface area contributed by atoms with Crippen LogP contribution in [0.1, 0.15) is 38.7 Å². The molecule has 2 rings (SSSR count). The maximum absolute atomic E-state index is 13.3. The van der Waals surface area contributed by atoms with E-state index in [0.29, 0.717) is 30.9 Å². The molecular formula is C18H25FN2O3. The fraction of sp³-hybridized carbons (Fsp3) is 0.556. The summed E-state index contributed by atoms with van der Waals surface area (Å²) < 4.78 is 13.3. The molecule has 0 saturated carbocycles. The molecule has 1 atom stereocenters. The minimum Gasteiger partial charge on any atom is -0.394 e. The van der Waals surface area contributed by atoms with E-state index in [0.717, 1.165) is 5.56 Å². The van der Waals surface area contributed by atoms with Crippen LogP contribution in [0.5, 0.6) is 0 Å². The van der Waals surface area contributed by atoms with Crippen LogP contribution in [-0.2, 0) is 16.0 Å². The number of benzene rings is 1. The van der Waals surface area contributed by atoms with Gasteiger partial charge in [-0.2, -0.15) is 0 Å². The summed E-state index contributed by atoms with van der Waals surface area (Å²) in [5.41, 5.74) is 1.48. The molecule has 24 heavy (non-hydrogen) atoms. The topological polar surface area (TPSA) is 69.6 Å². The molecule has 0 fully saturated rings. The molecule has 0 aliphatic carbocycles. The number of fused-ring (bicyclic) bond motifs is 1. The third-order valence-corrected chi connectivity index (χ3v) is 4.15. The predicted molar refractivity (Wildman–Crippen MR) is 90.2 cm³/mol. The Morgan fingerprint density at radius 1 is 1.38 bits per heavy atom. The number of carbonyl (C=O) groups is 2. The lowest BCUT2D eigenvalue weighted by Gasteiger charge is -2.29. The van der Waals surface area contributed by atoms with Crippen LogP contribution in [0, 0.1) is 11.7 Å². The first-order chi connectivity index (χ1) is 11.4. The van der Waals surface area contributed by atoms with Gasteiger partial charge in [-0.1, -0.05) is 13.8 Å². The quantitative estimate of drug-likeness (QED) is 0.800. The number of nitrogens with zero attached hydrogens (tertiary/aromatic N) is 1. The Labute approximate surface area is 141 Å². The van der Waals surface area contributed by atoms with Gasteiger partial charge in [-0.15, -0.1) is 0 Å². The zero-order valence-electron chi connectivity index (χ0n) is 14.2. The summed E-state index contributed by atoms with van der Waals surface area (Å²) >= 11 is 0. The Balaban J connectivity index is 1.96. The van der Waals surface area contributed by atoms with Crippen molar-refractivity contribution in [3.8, 4) is 0 Å². The van der Waals surface area contributed by atoms with E-state index in [-0.39, 0.29) is 43.2 Å². The molecule has 0 aromatic heterocycles. The van der Waals surface area contributed by atoms with Crippen LogP contribution in [0.3, 0.4) is 0 Å². The standard InChI is InChI=1S/C18H25FN2O3/c1-12(2)9-15(11-22)20-17(23)7-8-21-16-5-4-14(19)10-13(16)3-6-18(21)24/h4-5,10,12,15,22H,3,6-9,11H2,1-2H3,(H,20,23). The number of hydrogen-bond acceptors (Lipinski definition) is 3. The SMILES string of the molecule is CC(C)CC(CO)NC(=O)CCN1C(=O)CCc2cc(F)ccc21. The number of halogens is 1. The summed E-state index contributed by atoms with van der Waals surface area (Å²) in [6, 6.07) is 4.10. The lowest BCUT2D eigenvalue weighted by atomic mass is 10.0. The van der Waals surface area contributed by atoms with E-state index in [1.807, 2.05) is 13.8 Å². The molecule has 1 aliphatic rings. The number of rotatable bonds is 7. The molecule has 1 aromatic carbocycles. The van der Waals surface area contributed by atoms with Gasteiger partial charge in [0.2, 0.25) is 11.8 Å². The van der Waals surface area contributed by atoms with Gasteiger partial charge >= 0.3 is 0 Å². The van der Waals surface area contributed by atoms with Gasteiger partial charge in [-0.3, -0.25) is 9.59 Å². The van der Waals surface area contributed by atoms with Gasteiger partial charge in [0.1, 0.15) is 5.82 Å². The highest BCUT2D eigenvalue weighted by molar-refractivity contribution is 5.97. The molecule has 1 unspecified atom stereocenters. The van der Waals surface area contributed by atoms with E-state index in [2.05, 4.69) is 5.32 Å². The molecule has 2 N–H and O–H groups in total. The molecular weight excluding hydrogens is 311 g/mol. The zero-order chi connectivity index (χ0) is 17.7. The minimum atomic E-state index is -0.319. The molecule has 1 aliphatic heterocycles. The van der Waals surface area contributed by atoms with Gasteiger partial charge in [-0.05, 0) is 42.5 Å². The first kappa shape index (κ1) is 18.4. The van der Waals surface area contributed by atoms with Crippen molar-refractivity contribution in [3.63, 3.8) is 0 Å². The van der Waals surface area contributed by atoms with Crippen LogP contribution in [-0.4, -0.2) is 36.1 Å². The van der Waals surface area contributed by atoms with Crippen LogP contribution < -0.4 is 10.2 Å². The number of amides is 2. The van der Waals surface area contributed by atoms with Gasteiger partial charge in [0.25, 0.3) is 0 Å². The predicted octanol–water partition coefficient (Wildman–Crippen LogP) is 2.02. The maximum atomic E-state index is 13.3. The van der Waals surface area contributed by atoms with E-state index in [4.69, 9.17) is 0 Å². The molecule has 2 amide bonds. The summed E-state index contributed by atoms with van der Waals surface area (Å²) in [5, 5.41) is 12.1. The Bertz CT molecular complexity index is 604. The van der Waals surface area contributed by atoms with E-state index in [1.165, 1.54) is 12.1 Å². The van der Waals surface area contributed by atoms with Crippen LogP contribution in [0.25, 0.3) is 0 Å². The van der Waals surface area contributed by atoms with Crippen molar-refractivity contribution in [1.82, 2.24) is 5.32 Å². The number of hydrogen-bond donors (Lipinski definition) is 2. The molecule has 1 aromatic rings. The number of aryl methyl sites for hydroxylation is 1. The van der Waals surface area contributed by atoms with Crippen molar-refractivity contribution >= 4 is 17.5 Å². The highest BCUT2D eigenvalue weighted by atomic mass is 19.1. The van der Waals surface area contributed by atoms with Crippen LogP contribution in [0.2, 0.25) is 0 Å². The summed E-state index contributed by atoms with van der Waals surface area (Å²) in [6.07, 6.45) is 1.70. The Morgan fingerprint density at radius 2 is 2.12 bits per heavy atom. The van der Waals surface area contributed by atoms with E-state index < -0.39 is 0 Å². The minimum absolute atomic E-state index is 0.0530. The van der Waals surface area contributed by atoms with Gasteiger partial charge in [0, 0.05) is 25.1 Å². The second-order valence-corrected chi connectivity index (χ2v) is 6.64. The molecule has 0 radical (unpaired) electrons. The van der Waals surface area contributed by atoms with Gasteiger partial charge in [-0.25, -0.2) is 4.39 Å². The molecule has 0 bridgehead atoms. The van der Waals surface area contributed by atoms with Gasteiger partial charge < -0.3 is 15.3 Å². The Kier molecular flexibility index (Phi) is 6.31. The summed E-state index contributed by atoms with van der Waals surface area (Å²) in [5.74, 6) is -0.201. The van der Waals surface area contributed by atoms with Crippen molar-refractivity contribution in [3.05, 3.63) is 29.6 Å². The number of aliphatic hydroxyl groups is 1. The first-order valence-corrected chi connectivity index (χ1v) is 8.39. The summed E-state index contributed by atoms with van der Waals surface area (Å²) in [7, 11) is 0. The van der Waals surface area contributed by atoms with Crippen LogP contribution in [0.15, 0.2) is 18.2 Å². The Morgan fingerprint density at radius 3 is 2.79 bits per heavy atom. The van der Waals surface area contributed by atoms with Crippen molar-refractivity contribution in [2.75, 3.05) is 18.1 Å². The van der Waals surface area contributed by atoms with Crippen molar-refractivity contribution in [1.29, 1.82) is 0 Å². The van der Waals surface area contributed by atoms with Crippen molar-refractivity contribution in [2.45, 2.75) is 45.6 Å². The second kappa shape index (κ2) is 8.24. The largest absolute Gasteiger partial charge is 0.394 e. The molecule has 5 nitrogen and oxygen atoms in total. The molecule has 6 heteroatoms. The molecule has 132 valence electrons. The molecule has 0 spiro atoms. The number of carbonyl (C=O) groups excluding carboxylic acids is 2. The third-order valence-electron chi connectivity index (χ3n) is 4.15. The average Bonchev–Trinajstić information content (AvgIpc) is 2.53. The second-order valence-electron chi connectivity index (χ2n) is 6.64. The highest BCUT2D eigenvalue weighted by Gasteiger charge is 2.25. The zero-order valence-corrected chi connectivity index (χ0v) is 14.2. The smallest absolute Gasteiger partial charge is 0.227 e. The van der Waals surface area contributed by atoms with Crippen LogP contribution >= 0.6 is 0 Å².